The van der Waals surface area contributed by atoms with Gasteiger partial charge in [0, 0.05) is 16.4 Å². The Kier molecular flexibility index (Phi) is 3.23. The Bertz CT molecular complexity index is 698. The molecule has 1 aromatic heterocycles. The van der Waals surface area contributed by atoms with Gasteiger partial charge in [0.15, 0.2) is 0 Å². The summed E-state index contributed by atoms with van der Waals surface area (Å²) < 4.78 is 0.925. The largest absolute Gasteiger partial charge is 0.379 e. The molecule has 0 radical (unpaired) electrons. The van der Waals surface area contributed by atoms with Crippen LogP contribution in [0.15, 0.2) is 41.0 Å². The summed E-state index contributed by atoms with van der Waals surface area (Å²) in [6, 6.07) is 8.91. The van der Waals surface area contributed by atoms with E-state index in [0.717, 1.165) is 15.9 Å². The van der Waals surface area contributed by atoms with Gasteiger partial charge in [-0.3, -0.25) is 19.9 Å². The summed E-state index contributed by atoms with van der Waals surface area (Å²) in [6.45, 7) is 0.543. The molecule has 0 saturated carbocycles. The van der Waals surface area contributed by atoms with Crippen molar-refractivity contribution in [3.8, 4) is 0 Å². The van der Waals surface area contributed by atoms with E-state index in [0.29, 0.717) is 17.7 Å². The van der Waals surface area contributed by atoms with Crippen molar-refractivity contribution in [1.29, 1.82) is 0 Å². The summed E-state index contributed by atoms with van der Waals surface area (Å²) in [5.74, 6) is -0.693. The lowest BCUT2D eigenvalue weighted by Crippen LogP contribution is -2.19. The minimum Gasteiger partial charge on any atom is -0.379 e. The van der Waals surface area contributed by atoms with Crippen LogP contribution in [0.5, 0.6) is 0 Å². The molecule has 100 valence electrons. The van der Waals surface area contributed by atoms with Crippen LogP contribution in [0.2, 0.25) is 0 Å². The van der Waals surface area contributed by atoms with Crippen LogP contribution in [0.3, 0.4) is 0 Å². The predicted octanol–water partition coefficient (Wildman–Crippen LogP) is 2.34. The van der Waals surface area contributed by atoms with Gasteiger partial charge >= 0.3 is 0 Å². The molecule has 0 bridgehead atoms. The Morgan fingerprint density at radius 2 is 1.90 bits per heavy atom. The zero-order valence-corrected chi connectivity index (χ0v) is 11.9. The maximum atomic E-state index is 11.6. The monoisotopic (exact) mass is 331 g/mol. The van der Waals surface area contributed by atoms with Gasteiger partial charge in [-0.1, -0.05) is 0 Å². The highest BCUT2D eigenvalue weighted by molar-refractivity contribution is 9.10. The number of pyridine rings is 1. The number of rotatable bonds is 3. The van der Waals surface area contributed by atoms with Crippen LogP contribution >= 0.6 is 15.9 Å². The van der Waals surface area contributed by atoms with E-state index in [-0.39, 0.29) is 11.8 Å². The SMILES string of the molecule is O=C1NC(=O)c2cc(NCc3ccc(Br)cn3)ccc21. The van der Waals surface area contributed by atoms with Crippen molar-refractivity contribution in [3.05, 3.63) is 57.8 Å². The molecule has 5 nitrogen and oxygen atoms in total. The van der Waals surface area contributed by atoms with Gasteiger partial charge in [0.25, 0.3) is 11.8 Å². The third-order valence-electron chi connectivity index (χ3n) is 3.00. The lowest BCUT2D eigenvalue weighted by molar-refractivity contribution is 0.0879. The summed E-state index contributed by atoms with van der Waals surface area (Å²) in [5, 5.41) is 5.44. The topological polar surface area (TPSA) is 71.1 Å². The predicted molar refractivity (Wildman–Crippen MR) is 77.5 cm³/mol. The zero-order chi connectivity index (χ0) is 14.1. The molecule has 3 rings (SSSR count). The Labute approximate surface area is 123 Å². The molecule has 0 unspecified atom stereocenters. The quantitative estimate of drug-likeness (QED) is 0.847. The lowest BCUT2D eigenvalue weighted by Gasteiger charge is -2.07. The smallest absolute Gasteiger partial charge is 0.259 e. The molecule has 0 spiro atoms. The van der Waals surface area contributed by atoms with Gasteiger partial charge in [-0.05, 0) is 46.3 Å². The lowest BCUT2D eigenvalue weighted by atomic mass is 10.1. The van der Waals surface area contributed by atoms with Crippen molar-refractivity contribution in [2.75, 3.05) is 5.32 Å². The number of aromatic nitrogens is 1. The number of hydrogen-bond donors (Lipinski definition) is 2. The zero-order valence-electron chi connectivity index (χ0n) is 10.3. The molecular formula is C14H10BrN3O2. The van der Waals surface area contributed by atoms with Crippen molar-refractivity contribution in [3.63, 3.8) is 0 Å². The van der Waals surface area contributed by atoms with E-state index < -0.39 is 0 Å². The number of nitrogens with one attached hydrogen (secondary N) is 2. The summed E-state index contributed by atoms with van der Waals surface area (Å²) in [7, 11) is 0. The third-order valence-corrected chi connectivity index (χ3v) is 3.47. The average Bonchev–Trinajstić information content (AvgIpc) is 2.73. The van der Waals surface area contributed by atoms with Crippen LogP contribution in [-0.4, -0.2) is 16.8 Å². The fourth-order valence-electron chi connectivity index (χ4n) is 1.98. The first-order valence-electron chi connectivity index (χ1n) is 5.97. The molecule has 0 saturated heterocycles. The molecule has 0 atom stereocenters. The van der Waals surface area contributed by atoms with Gasteiger partial charge in [0.1, 0.15) is 0 Å². The van der Waals surface area contributed by atoms with Crippen LogP contribution in [0.25, 0.3) is 0 Å². The number of halogens is 1. The van der Waals surface area contributed by atoms with Crippen molar-refractivity contribution >= 4 is 33.4 Å². The Morgan fingerprint density at radius 3 is 2.65 bits per heavy atom. The third kappa shape index (κ3) is 2.42. The maximum absolute atomic E-state index is 11.6. The first kappa shape index (κ1) is 12.8. The minimum atomic E-state index is -0.351. The van der Waals surface area contributed by atoms with E-state index in [1.54, 1.807) is 24.4 Å². The Morgan fingerprint density at radius 1 is 1.10 bits per heavy atom. The number of hydrogen-bond acceptors (Lipinski definition) is 4. The normalized spacial score (nSPS) is 13.1. The summed E-state index contributed by atoms with van der Waals surface area (Å²) in [4.78, 5) is 27.2. The second kappa shape index (κ2) is 5.05. The molecule has 1 aliphatic rings. The van der Waals surface area contributed by atoms with Crippen molar-refractivity contribution in [2.45, 2.75) is 6.54 Å². The van der Waals surface area contributed by atoms with Crippen molar-refractivity contribution < 1.29 is 9.59 Å². The second-order valence-corrected chi connectivity index (χ2v) is 5.28. The summed E-state index contributed by atoms with van der Waals surface area (Å²) in [5.41, 5.74) is 2.48. The number of carbonyl (C=O) groups is 2. The van der Waals surface area contributed by atoms with Crippen LogP contribution in [0.1, 0.15) is 26.4 Å². The van der Waals surface area contributed by atoms with Crippen LogP contribution in [-0.2, 0) is 6.54 Å². The van der Waals surface area contributed by atoms with E-state index >= 15 is 0 Å². The van der Waals surface area contributed by atoms with Crippen LogP contribution < -0.4 is 10.6 Å². The number of amides is 2. The number of fused-ring (bicyclic) bond motifs is 1. The van der Waals surface area contributed by atoms with E-state index in [4.69, 9.17) is 0 Å². The second-order valence-electron chi connectivity index (χ2n) is 4.36. The number of carbonyl (C=O) groups excluding carboxylic acids is 2. The molecule has 1 aromatic carbocycles. The average molecular weight is 332 g/mol. The highest BCUT2D eigenvalue weighted by atomic mass is 79.9. The minimum absolute atomic E-state index is 0.342. The van der Waals surface area contributed by atoms with Crippen molar-refractivity contribution in [2.24, 2.45) is 0 Å². The Balaban J connectivity index is 1.76. The summed E-state index contributed by atoms with van der Waals surface area (Å²) in [6.07, 6.45) is 1.73. The maximum Gasteiger partial charge on any atom is 0.259 e. The number of imide groups is 1. The number of anilines is 1. The van der Waals surface area contributed by atoms with Gasteiger partial charge in [-0.15, -0.1) is 0 Å². The first-order chi connectivity index (χ1) is 9.63. The van der Waals surface area contributed by atoms with Crippen LogP contribution in [0.4, 0.5) is 5.69 Å². The fourth-order valence-corrected chi connectivity index (χ4v) is 2.22. The standard InChI is InChI=1S/C14H10BrN3O2/c15-8-1-2-10(16-6-8)7-17-9-3-4-11-12(5-9)14(20)18-13(11)19/h1-6,17H,7H2,(H,18,19,20). The fraction of sp³-hybridized carbons (Fsp3) is 0.0714. The highest BCUT2D eigenvalue weighted by Gasteiger charge is 2.26. The summed E-state index contributed by atoms with van der Waals surface area (Å²) >= 11 is 3.33. The van der Waals surface area contributed by atoms with E-state index in [1.807, 2.05) is 12.1 Å². The molecule has 2 aromatic rings. The molecule has 20 heavy (non-hydrogen) atoms. The molecule has 1 aliphatic heterocycles. The van der Waals surface area contributed by atoms with E-state index in [9.17, 15) is 9.59 Å². The molecule has 0 fully saturated rings. The van der Waals surface area contributed by atoms with Crippen LogP contribution in [0, 0.1) is 0 Å². The molecule has 6 heteroatoms. The van der Waals surface area contributed by atoms with E-state index in [2.05, 4.69) is 31.5 Å². The van der Waals surface area contributed by atoms with Crippen molar-refractivity contribution in [1.82, 2.24) is 10.3 Å². The number of nitrogens with zero attached hydrogens (tertiary/aromatic N) is 1. The van der Waals surface area contributed by atoms with Gasteiger partial charge in [-0.25, -0.2) is 0 Å². The first-order valence-corrected chi connectivity index (χ1v) is 6.77. The van der Waals surface area contributed by atoms with Gasteiger partial charge < -0.3 is 5.32 Å². The molecular weight excluding hydrogens is 322 g/mol. The highest BCUT2D eigenvalue weighted by Crippen LogP contribution is 2.20. The van der Waals surface area contributed by atoms with Gasteiger partial charge in [0.05, 0.1) is 23.4 Å². The van der Waals surface area contributed by atoms with E-state index in [1.165, 1.54) is 0 Å². The molecule has 2 N–H and O–H groups in total. The molecule has 2 amide bonds. The number of benzene rings is 1. The van der Waals surface area contributed by atoms with Gasteiger partial charge in [-0.2, -0.15) is 0 Å². The molecule has 2 heterocycles. The van der Waals surface area contributed by atoms with Gasteiger partial charge in [0.2, 0.25) is 0 Å². The Hall–Kier alpha value is -2.21. The molecule has 0 aliphatic carbocycles.